The van der Waals surface area contributed by atoms with E-state index in [1.54, 1.807) is 6.07 Å². The largest absolute Gasteiger partial charge is 0.399 e. The first-order chi connectivity index (χ1) is 10.8. The van der Waals surface area contributed by atoms with Crippen LogP contribution in [-0.4, -0.2) is 5.91 Å². The fourth-order valence-corrected chi connectivity index (χ4v) is 2.61. The van der Waals surface area contributed by atoms with E-state index in [4.69, 9.17) is 5.73 Å². The molecule has 1 amide bonds. The van der Waals surface area contributed by atoms with Crippen molar-refractivity contribution in [3.05, 3.63) is 58.7 Å². The number of amides is 1. The molecule has 122 valence electrons. The highest BCUT2D eigenvalue weighted by Crippen LogP contribution is 2.29. The van der Waals surface area contributed by atoms with Gasteiger partial charge in [-0.05, 0) is 53.6 Å². The van der Waals surface area contributed by atoms with Crippen LogP contribution in [0.5, 0.6) is 0 Å². The van der Waals surface area contributed by atoms with Crippen molar-refractivity contribution in [2.75, 3.05) is 11.1 Å². The molecule has 0 bridgehead atoms. The van der Waals surface area contributed by atoms with Crippen molar-refractivity contribution in [1.82, 2.24) is 0 Å². The zero-order valence-electron chi connectivity index (χ0n) is 14.6. The molecule has 2 rings (SSSR count). The van der Waals surface area contributed by atoms with Crippen molar-refractivity contribution in [3.8, 4) is 0 Å². The van der Waals surface area contributed by atoms with Crippen LogP contribution in [0.2, 0.25) is 0 Å². The van der Waals surface area contributed by atoms with Crippen molar-refractivity contribution in [1.29, 1.82) is 0 Å². The van der Waals surface area contributed by atoms with Gasteiger partial charge in [-0.25, -0.2) is 0 Å². The van der Waals surface area contributed by atoms with Gasteiger partial charge in [0, 0.05) is 16.9 Å². The van der Waals surface area contributed by atoms with Gasteiger partial charge in [0.05, 0.1) is 0 Å². The van der Waals surface area contributed by atoms with Crippen molar-refractivity contribution in [3.63, 3.8) is 0 Å². The number of nitrogens with one attached hydrogen (secondary N) is 1. The second-order valence-electron chi connectivity index (χ2n) is 6.68. The third kappa shape index (κ3) is 3.92. The van der Waals surface area contributed by atoms with E-state index in [0.717, 1.165) is 16.8 Å². The smallest absolute Gasteiger partial charge is 0.256 e. The maximum Gasteiger partial charge on any atom is 0.256 e. The van der Waals surface area contributed by atoms with Crippen LogP contribution in [0.1, 0.15) is 66.6 Å². The van der Waals surface area contributed by atoms with Gasteiger partial charge in [-0.2, -0.15) is 0 Å². The van der Waals surface area contributed by atoms with Crippen molar-refractivity contribution >= 4 is 17.3 Å². The first-order valence-electron chi connectivity index (χ1n) is 8.11. The van der Waals surface area contributed by atoms with Gasteiger partial charge >= 0.3 is 0 Å². The molecule has 0 saturated heterocycles. The molecule has 23 heavy (non-hydrogen) atoms. The van der Waals surface area contributed by atoms with Gasteiger partial charge in [-0.15, -0.1) is 0 Å². The van der Waals surface area contributed by atoms with E-state index < -0.39 is 0 Å². The lowest BCUT2D eigenvalue weighted by Gasteiger charge is -2.17. The summed E-state index contributed by atoms with van der Waals surface area (Å²) in [5.41, 5.74) is 11.3. The summed E-state index contributed by atoms with van der Waals surface area (Å²) >= 11 is 0. The number of carbonyl (C=O) groups is 1. The third-order valence-electron chi connectivity index (χ3n) is 4.12. The number of nitrogen functional groups attached to an aromatic ring is 1. The minimum atomic E-state index is -0.117. The van der Waals surface area contributed by atoms with Gasteiger partial charge in [0.1, 0.15) is 0 Å². The van der Waals surface area contributed by atoms with Crippen molar-refractivity contribution in [2.45, 2.75) is 46.5 Å². The number of hydrogen-bond donors (Lipinski definition) is 2. The molecule has 0 aliphatic heterocycles. The van der Waals surface area contributed by atoms with Crippen LogP contribution in [0.4, 0.5) is 11.4 Å². The van der Waals surface area contributed by atoms with Crippen LogP contribution in [0.25, 0.3) is 0 Å². The Morgan fingerprint density at radius 1 is 1.00 bits per heavy atom. The van der Waals surface area contributed by atoms with E-state index in [0.29, 0.717) is 23.1 Å². The second-order valence-corrected chi connectivity index (χ2v) is 6.68. The van der Waals surface area contributed by atoms with E-state index >= 15 is 0 Å². The lowest BCUT2D eigenvalue weighted by atomic mass is 9.94. The maximum absolute atomic E-state index is 12.6. The van der Waals surface area contributed by atoms with Crippen LogP contribution >= 0.6 is 0 Å². The summed E-state index contributed by atoms with van der Waals surface area (Å²) in [6, 6.07) is 11.7. The Bertz CT molecular complexity index is 718. The van der Waals surface area contributed by atoms with Crippen molar-refractivity contribution < 1.29 is 4.79 Å². The zero-order valence-corrected chi connectivity index (χ0v) is 14.6. The first-order valence-corrected chi connectivity index (χ1v) is 8.11. The Morgan fingerprint density at radius 3 is 2.30 bits per heavy atom. The van der Waals surface area contributed by atoms with Gasteiger partial charge in [-0.1, -0.05) is 45.9 Å². The third-order valence-corrected chi connectivity index (χ3v) is 4.12. The highest BCUT2D eigenvalue weighted by molar-refractivity contribution is 6.06. The van der Waals surface area contributed by atoms with Crippen molar-refractivity contribution in [2.24, 2.45) is 0 Å². The topological polar surface area (TPSA) is 55.1 Å². The van der Waals surface area contributed by atoms with E-state index in [-0.39, 0.29) is 5.91 Å². The van der Waals surface area contributed by atoms with Crippen LogP contribution in [0, 0.1) is 6.92 Å². The number of carbonyl (C=O) groups excluding carboxylic acids is 1. The molecule has 0 fully saturated rings. The Kier molecular flexibility index (Phi) is 5.09. The summed E-state index contributed by atoms with van der Waals surface area (Å²) in [7, 11) is 0. The minimum absolute atomic E-state index is 0.117. The normalized spacial score (nSPS) is 11.1. The number of nitrogens with two attached hydrogens (primary N) is 1. The molecule has 0 heterocycles. The second kappa shape index (κ2) is 6.86. The summed E-state index contributed by atoms with van der Waals surface area (Å²) in [5, 5.41) is 3.05. The average molecular weight is 310 g/mol. The number of anilines is 2. The number of rotatable bonds is 4. The zero-order chi connectivity index (χ0) is 17.1. The number of aryl methyl sites for hydroxylation is 1. The standard InChI is InChI=1S/C20H26N2O/c1-12(2)15-7-9-19(17(10-15)13(3)4)22-20(23)18-11-16(21)8-6-14(18)5/h6-13H,21H2,1-5H3,(H,22,23). The summed E-state index contributed by atoms with van der Waals surface area (Å²) < 4.78 is 0. The Hall–Kier alpha value is -2.29. The van der Waals surface area contributed by atoms with E-state index in [1.165, 1.54) is 5.56 Å². The van der Waals surface area contributed by atoms with Crippen LogP contribution in [0.3, 0.4) is 0 Å². The lowest BCUT2D eigenvalue weighted by Crippen LogP contribution is -2.15. The predicted molar refractivity (Wildman–Crippen MR) is 98.2 cm³/mol. The van der Waals surface area contributed by atoms with Gasteiger partial charge < -0.3 is 11.1 Å². The summed E-state index contributed by atoms with van der Waals surface area (Å²) in [6.45, 7) is 10.5. The summed E-state index contributed by atoms with van der Waals surface area (Å²) in [5.74, 6) is 0.688. The molecule has 0 unspecified atom stereocenters. The van der Waals surface area contributed by atoms with E-state index in [2.05, 4.69) is 45.1 Å². The molecule has 3 nitrogen and oxygen atoms in total. The van der Waals surface area contributed by atoms with Crippen LogP contribution in [0.15, 0.2) is 36.4 Å². The molecule has 0 aliphatic carbocycles. The molecule has 0 aromatic heterocycles. The minimum Gasteiger partial charge on any atom is -0.399 e. The monoisotopic (exact) mass is 310 g/mol. The molecule has 0 radical (unpaired) electrons. The summed E-state index contributed by atoms with van der Waals surface area (Å²) in [6.07, 6.45) is 0. The molecule has 0 atom stereocenters. The molecular formula is C20H26N2O. The summed E-state index contributed by atoms with van der Waals surface area (Å²) in [4.78, 5) is 12.6. The molecule has 0 aliphatic rings. The van der Waals surface area contributed by atoms with E-state index in [9.17, 15) is 4.79 Å². The quantitative estimate of drug-likeness (QED) is 0.774. The molecule has 3 heteroatoms. The maximum atomic E-state index is 12.6. The molecular weight excluding hydrogens is 284 g/mol. The van der Waals surface area contributed by atoms with Crippen LogP contribution in [-0.2, 0) is 0 Å². The SMILES string of the molecule is Cc1ccc(N)cc1C(=O)Nc1ccc(C(C)C)cc1C(C)C. The fourth-order valence-electron chi connectivity index (χ4n) is 2.61. The Labute approximate surface area is 138 Å². The highest BCUT2D eigenvalue weighted by Gasteiger charge is 2.14. The Morgan fingerprint density at radius 2 is 1.70 bits per heavy atom. The number of hydrogen-bond acceptors (Lipinski definition) is 2. The molecule has 2 aromatic rings. The molecule has 2 aromatic carbocycles. The van der Waals surface area contributed by atoms with Gasteiger partial charge in [0.25, 0.3) is 5.91 Å². The van der Waals surface area contributed by atoms with Gasteiger partial charge in [0.2, 0.25) is 0 Å². The fraction of sp³-hybridized carbons (Fsp3) is 0.350. The molecule has 0 spiro atoms. The number of benzene rings is 2. The first kappa shape index (κ1) is 17.1. The van der Waals surface area contributed by atoms with Gasteiger partial charge in [0.15, 0.2) is 0 Å². The lowest BCUT2D eigenvalue weighted by molar-refractivity contribution is 0.102. The van der Waals surface area contributed by atoms with Crippen LogP contribution < -0.4 is 11.1 Å². The predicted octanol–water partition coefficient (Wildman–Crippen LogP) is 5.08. The Balaban J connectivity index is 2.35. The highest BCUT2D eigenvalue weighted by atomic mass is 16.1. The van der Waals surface area contributed by atoms with E-state index in [1.807, 2.05) is 25.1 Å². The van der Waals surface area contributed by atoms with Gasteiger partial charge in [-0.3, -0.25) is 4.79 Å². The molecule has 3 N–H and O–H groups in total. The average Bonchev–Trinajstić information content (AvgIpc) is 2.49. The molecule has 0 saturated carbocycles.